The van der Waals surface area contributed by atoms with Crippen LogP contribution in [0.1, 0.15) is 48.0 Å². The highest BCUT2D eigenvalue weighted by Gasteiger charge is 2.43. The minimum Gasteiger partial charge on any atom is -0.445 e. The highest BCUT2D eigenvalue weighted by molar-refractivity contribution is 5.97. The molecule has 2 unspecified atom stereocenters. The number of para-hydroxylation sites is 1. The van der Waals surface area contributed by atoms with Crippen LogP contribution in [0.5, 0.6) is 0 Å². The SMILES string of the molecule is O=C(c1cnn(-c2ccccc2)c1)C1CC2CCCC(C1)N2C(=O)OCc1ccccc1. The van der Waals surface area contributed by atoms with Crippen LogP contribution in [0.2, 0.25) is 0 Å². The van der Waals surface area contributed by atoms with Gasteiger partial charge in [0.25, 0.3) is 0 Å². The van der Waals surface area contributed by atoms with Crippen LogP contribution in [0.3, 0.4) is 0 Å². The van der Waals surface area contributed by atoms with Gasteiger partial charge in [-0.3, -0.25) is 4.79 Å². The first-order valence-corrected chi connectivity index (χ1v) is 11.3. The van der Waals surface area contributed by atoms with Gasteiger partial charge < -0.3 is 9.64 Å². The molecule has 1 amide bonds. The number of carbonyl (C=O) groups is 2. The van der Waals surface area contributed by atoms with Gasteiger partial charge in [0.1, 0.15) is 6.61 Å². The van der Waals surface area contributed by atoms with Gasteiger partial charge >= 0.3 is 6.09 Å². The third-order valence-corrected chi connectivity index (χ3v) is 6.65. The Morgan fingerprint density at radius 2 is 1.59 bits per heavy atom. The van der Waals surface area contributed by atoms with Gasteiger partial charge in [-0.05, 0) is 49.8 Å². The summed E-state index contributed by atoms with van der Waals surface area (Å²) in [5.74, 6) is 0.0401. The van der Waals surface area contributed by atoms with Crippen molar-refractivity contribution in [1.82, 2.24) is 14.7 Å². The van der Waals surface area contributed by atoms with Crippen molar-refractivity contribution in [2.45, 2.75) is 50.8 Å². The monoisotopic (exact) mass is 429 g/mol. The Labute approximate surface area is 187 Å². The number of Topliss-reactive ketones (excluding diaryl/α,β-unsaturated/α-hetero) is 1. The number of rotatable bonds is 5. The van der Waals surface area contributed by atoms with Crippen LogP contribution in [-0.2, 0) is 11.3 Å². The molecule has 5 rings (SSSR count). The maximum atomic E-state index is 13.3. The number of hydrogen-bond acceptors (Lipinski definition) is 4. The molecule has 2 aliphatic heterocycles. The smallest absolute Gasteiger partial charge is 0.410 e. The van der Waals surface area contributed by atoms with Gasteiger partial charge in [0.05, 0.1) is 17.4 Å². The Kier molecular flexibility index (Phi) is 5.75. The molecule has 2 atom stereocenters. The van der Waals surface area contributed by atoms with E-state index in [4.69, 9.17) is 4.74 Å². The molecule has 0 saturated carbocycles. The normalized spacial score (nSPS) is 22.4. The molecule has 2 bridgehead atoms. The number of carbonyl (C=O) groups excluding carboxylic acids is 2. The number of benzene rings is 2. The summed E-state index contributed by atoms with van der Waals surface area (Å²) in [5, 5.41) is 4.38. The number of fused-ring (bicyclic) bond motifs is 2. The molecule has 2 fully saturated rings. The summed E-state index contributed by atoms with van der Waals surface area (Å²) in [5.41, 5.74) is 2.54. The third kappa shape index (κ3) is 4.17. The lowest BCUT2D eigenvalue weighted by Crippen LogP contribution is -2.55. The molecular formula is C26H27N3O3. The Morgan fingerprint density at radius 1 is 0.938 bits per heavy atom. The predicted octanol–water partition coefficient (Wildman–Crippen LogP) is 5.02. The van der Waals surface area contributed by atoms with Gasteiger partial charge in [0, 0.05) is 24.2 Å². The molecule has 2 aromatic carbocycles. The zero-order chi connectivity index (χ0) is 21.9. The van der Waals surface area contributed by atoms with E-state index in [9.17, 15) is 9.59 Å². The first-order chi connectivity index (χ1) is 15.7. The van der Waals surface area contributed by atoms with Crippen molar-refractivity contribution in [3.8, 4) is 5.69 Å². The van der Waals surface area contributed by atoms with Crippen molar-refractivity contribution in [2.24, 2.45) is 5.92 Å². The molecular weight excluding hydrogens is 402 g/mol. The van der Waals surface area contributed by atoms with Crippen LogP contribution in [0.4, 0.5) is 4.79 Å². The molecule has 1 aromatic heterocycles. The number of ether oxygens (including phenoxy) is 1. The van der Waals surface area contributed by atoms with E-state index >= 15 is 0 Å². The van der Waals surface area contributed by atoms with Crippen molar-refractivity contribution >= 4 is 11.9 Å². The first kappa shape index (κ1) is 20.5. The van der Waals surface area contributed by atoms with E-state index in [1.165, 1.54) is 0 Å². The third-order valence-electron chi connectivity index (χ3n) is 6.65. The molecule has 0 spiro atoms. The van der Waals surface area contributed by atoms with Gasteiger partial charge in [0.2, 0.25) is 0 Å². The second kappa shape index (κ2) is 8.99. The molecule has 2 aliphatic rings. The van der Waals surface area contributed by atoms with Crippen molar-refractivity contribution in [2.75, 3.05) is 0 Å². The molecule has 3 aromatic rings. The van der Waals surface area contributed by atoms with E-state index in [0.717, 1.165) is 30.5 Å². The van der Waals surface area contributed by atoms with Gasteiger partial charge in [-0.25, -0.2) is 9.48 Å². The van der Waals surface area contributed by atoms with Crippen LogP contribution >= 0.6 is 0 Å². The van der Waals surface area contributed by atoms with E-state index in [-0.39, 0.29) is 36.5 Å². The Hall–Kier alpha value is -3.41. The minimum absolute atomic E-state index is 0.0592. The standard InChI is InChI=1S/C26H27N3O3/c30-25(21-16-27-28(17-21)22-10-5-2-6-11-22)20-14-23-12-7-13-24(15-20)29(23)26(31)32-18-19-8-3-1-4-9-19/h1-6,8-11,16-17,20,23-24H,7,12-15,18H2. The molecule has 2 saturated heterocycles. The highest BCUT2D eigenvalue weighted by Crippen LogP contribution is 2.38. The van der Waals surface area contributed by atoms with Crippen molar-refractivity contribution in [3.63, 3.8) is 0 Å². The molecule has 164 valence electrons. The van der Waals surface area contributed by atoms with E-state index in [1.807, 2.05) is 71.8 Å². The fourth-order valence-corrected chi connectivity index (χ4v) is 5.10. The fraction of sp³-hybridized carbons (Fsp3) is 0.346. The summed E-state index contributed by atoms with van der Waals surface area (Å²) in [7, 11) is 0. The lowest BCUT2D eigenvalue weighted by Gasteiger charge is -2.47. The minimum atomic E-state index is -0.258. The Balaban J connectivity index is 1.25. The van der Waals surface area contributed by atoms with E-state index in [0.29, 0.717) is 18.4 Å². The van der Waals surface area contributed by atoms with Crippen LogP contribution in [-0.4, -0.2) is 38.6 Å². The largest absolute Gasteiger partial charge is 0.445 e. The quantitative estimate of drug-likeness (QED) is 0.534. The average Bonchev–Trinajstić information content (AvgIpc) is 3.33. The van der Waals surface area contributed by atoms with Crippen LogP contribution in [0, 0.1) is 5.92 Å². The maximum Gasteiger partial charge on any atom is 0.410 e. The Bertz CT molecular complexity index is 1070. The summed E-state index contributed by atoms with van der Waals surface area (Å²) >= 11 is 0. The van der Waals surface area contributed by atoms with Gasteiger partial charge in [-0.1, -0.05) is 48.5 Å². The number of aromatic nitrogens is 2. The average molecular weight is 430 g/mol. The molecule has 0 aliphatic carbocycles. The predicted molar refractivity (Wildman–Crippen MR) is 121 cm³/mol. The second-order valence-electron chi connectivity index (χ2n) is 8.73. The van der Waals surface area contributed by atoms with Crippen LogP contribution < -0.4 is 0 Å². The molecule has 3 heterocycles. The van der Waals surface area contributed by atoms with Crippen molar-refractivity contribution in [3.05, 3.63) is 84.2 Å². The number of amides is 1. The molecule has 32 heavy (non-hydrogen) atoms. The van der Waals surface area contributed by atoms with E-state index in [1.54, 1.807) is 10.9 Å². The lowest BCUT2D eigenvalue weighted by molar-refractivity contribution is 0.00472. The molecule has 0 radical (unpaired) electrons. The maximum absolute atomic E-state index is 13.3. The van der Waals surface area contributed by atoms with E-state index < -0.39 is 0 Å². The first-order valence-electron chi connectivity index (χ1n) is 11.3. The summed E-state index contributed by atoms with van der Waals surface area (Å²) in [6.07, 6.45) is 7.52. The molecule has 0 N–H and O–H groups in total. The van der Waals surface area contributed by atoms with Crippen molar-refractivity contribution in [1.29, 1.82) is 0 Å². The number of hydrogen-bond donors (Lipinski definition) is 0. The highest BCUT2D eigenvalue weighted by atomic mass is 16.6. The summed E-state index contributed by atoms with van der Waals surface area (Å²) in [6, 6.07) is 19.6. The van der Waals surface area contributed by atoms with Gasteiger partial charge in [-0.15, -0.1) is 0 Å². The van der Waals surface area contributed by atoms with E-state index in [2.05, 4.69) is 5.10 Å². The topological polar surface area (TPSA) is 64.4 Å². The number of piperidine rings is 2. The number of ketones is 1. The zero-order valence-corrected chi connectivity index (χ0v) is 18.0. The molecule has 6 nitrogen and oxygen atoms in total. The van der Waals surface area contributed by atoms with Gasteiger partial charge in [-0.2, -0.15) is 5.10 Å². The summed E-state index contributed by atoms with van der Waals surface area (Å²) in [6.45, 7) is 0.274. The van der Waals surface area contributed by atoms with Crippen LogP contribution in [0.25, 0.3) is 5.69 Å². The molecule has 6 heteroatoms. The summed E-state index contributed by atoms with van der Waals surface area (Å²) < 4.78 is 7.37. The number of nitrogens with zero attached hydrogens (tertiary/aromatic N) is 3. The fourth-order valence-electron chi connectivity index (χ4n) is 5.10. The van der Waals surface area contributed by atoms with Crippen molar-refractivity contribution < 1.29 is 14.3 Å². The lowest BCUT2D eigenvalue weighted by atomic mass is 9.76. The Morgan fingerprint density at radius 3 is 2.28 bits per heavy atom. The zero-order valence-electron chi connectivity index (χ0n) is 18.0. The summed E-state index contributed by atoms with van der Waals surface area (Å²) in [4.78, 5) is 28.1. The second-order valence-corrected chi connectivity index (χ2v) is 8.73. The van der Waals surface area contributed by atoms with Crippen LogP contribution in [0.15, 0.2) is 73.1 Å². The van der Waals surface area contributed by atoms with Gasteiger partial charge in [0.15, 0.2) is 5.78 Å².